The van der Waals surface area contributed by atoms with E-state index in [0.717, 1.165) is 12.8 Å². The fourth-order valence-corrected chi connectivity index (χ4v) is 1.40. The average molecular weight is 208 g/mol. The molecule has 0 atom stereocenters. The summed E-state index contributed by atoms with van der Waals surface area (Å²) in [5.41, 5.74) is 0.457. The summed E-state index contributed by atoms with van der Waals surface area (Å²) < 4.78 is 5.68. The van der Waals surface area contributed by atoms with Crippen molar-refractivity contribution in [1.29, 1.82) is 0 Å². The van der Waals surface area contributed by atoms with E-state index in [9.17, 15) is 0 Å². The van der Waals surface area contributed by atoms with Crippen molar-refractivity contribution in [3.63, 3.8) is 0 Å². The molecule has 82 valence electrons. The Kier molecular flexibility index (Phi) is 4.65. The van der Waals surface area contributed by atoms with Gasteiger partial charge in [-0.25, -0.2) is 0 Å². The Bertz CT molecular complexity index is 298. The summed E-state index contributed by atoms with van der Waals surface area (Å²) in [5.74, 6) is 0.689. The van der Waals surface area contributed by atoms with Gasteiger partial charge < -0.3 is 14.8 Å². The van der Waals surface area contributed by atoms with Crippen LogP contribution in [0.15, 0.2) is 24.3 Å². The van der Waals surface area contributed by atoms with Crippen molar-refractivity contribution in [3.8, 4) is 5.75 Å². The summed E-state index contributed by atoms with van der Waals surface area (Å²) in [7, 11) is -1.43. The van der Waals surface area contributed by atoms with Gasteiger partial charge >= 0.3 is 7.12 Å². The highest BCUT2D eigenvalue weighted by Crippen LogP contribution is 2.13. The van der Waals surface area contributed by atoms with Gasteiger partial charge in [0.2, 0.25) is 0 Å². The Hall–Kier alpha value is -0.995. The van der Waals surface area contributed by atoms with Crippen LogP contribution in [0.2, 0.25) is 0 Å². The van der Waals surface area contributed by atoms with Gasteiger partial charge in [0.25, 0.3) is 0 Å². The Balaban J connectivity index is 2.72. The smallest absolute Gasteiger partial charge is 0.488 e. The number of rotatable bonds is 5. The van der Waals surface area contributed by atoms with E-state index in [4.69, 9.17) is 14.8 Å². The van der Waals surface area contributed by atoms with Crippen LogP contribution < -0.4 is 10.2 Å². The molecular weight excluding hydrogens is 191 g/mol. The van der Waals surface area contributed by atoms with Gasteiger partial charge in [-0.15, -0.1) is 0 Å². The summed E-state index contributed by atoms with van der Waals surface area (Å²) >= 11 is 0. The largest absolute Gasteiger partial charge is 0.490 e. The van der Waals surface area contributed by atoms with Crippen LogP contribution in [-0.4, -0.2) is 23.3 Å². The second kappa shape index (κ2) is 5.78. The van der Waals surface area contributed by atoms with Gasteiger partial charge in [0.05, 0.1) is 6.10 Å². The Labute approximate surface area is 90.9 Å². The van der Waals surface area contributed by atoms with E-state index >= 15 is 0 Å². The lowest BCUT2D eigenvalue weighted by Crippen LogP contribution is -2.29. The molecule has 0 aliphatic carbocycles. The molecule has 0 amide bonds. The molecule has 0 spiro atoms. The maximum absolute atomic E-state index is 9.00. The predicted octanol–water partition coefficient (Wildman–Crippen LogP) is 0.934. The zero-order valence-corrected chi connectivity index (χ0v) is 9.18. The monoisotopic (exact) mass is 208 g/mol. The van der Waals surface area contributed by atoms with Crippen molar-refractivity contribution >= 4 is 12.6 Å². The molecule has 0 aliphatic rings. The first-order valence-corrected chi connectivity index (χ1v) is 5.30. The molecule has 0 heterocycles. The first-order valence-electron chi connectivity index (χ1n) is 5.30. The van der Waals surface area contributed by atoms with E-state index in [1.807, 2.05) is 6.07 Å². The predicted molar refractivity (Wildman–Crippen MR) is 61.3 cm³/mol. The van der Waals surface area contributed by atoms with E-state index in [1.165, 1.54) is 0 Å². The SMILES string of the molecule is CCC(CC)Oc1cccc(B(O)O)c1. The highest BCUT2D eigenvalue weighted by Gasteiger charge is 2.12. The van der Waals surface area contributed by atoms with E-state index in [1.54, 1.807) is 18.2 Å². The molecule has 15 heavy (non-hydrogen) atoms. The Morgan fingerprint density at radius 3 is 2.47 bits per heavy atom. The molecule has 0 fully saturated rings. The van der Waals surface area contributed by atoms with Crippen LogP contribution >= 0.6 is 0 Å². The maximum atomic E-state index is 9.00. The van der Waals surface area contributed by atoms with E-state index in [0.29, 0.717) is 11.2 Å². The van der Waals surface area contributed by atoms with Gasteiger partial charge in [0.1, 0.15) is 5.75 Å². The molecule has 1 aromatic rings. The molecule has 2 N–H and O–H groups in total. The fraction of sp³-hybridized carbons (Fsp3) is 0.455. The number of hydrogen-bond acceptors (Lipinski definition) is 3. The molecule has 0 saturated carbocycles. The minimum Gasteiger partial charge on any atom is -0.490 e. The van der Waals surface area contributed by atoms with Crippen molar-refractivity contribution in [2.45, 2.75) is 32.8 Å². The average Bonchev–Trinajstić information content (AvgIpc) is 2.26. The first kappa shape index (κ1) is 12.1. The highest BCUT2D eigenvalue weighted by molar-refractivity contribution is 6.58. The van der Waals surface area contributed by atoms with Gasteiger partial charge in [-0.3, -0.25) is 0 Å². The summed E-state index contributed by atoms with van der Waals surface area (Å²) in [6.07, 6.45) is 2.08. The lowest BCUT2D eigenvalue weighted by Gasteiger charge is -2.16. The molecular formula is C11H17BO3. The van der Waals surface area contributed by atoms with Crippen molar-refractivity contribution in [2.75, 3.05) is 0 Å². The van der Waals surface area contributed by atoms with Gasteiger partial charge in [-0.1, -0.05) is 26.0 Å². The van der Waals surface area contributed by atoms with Gasteiger partial charge in [0, 0.05) is 0 Å². The minimum absolute atomic E-state index is 0.191. The van der Waals surface area contributed by atoms with Crippen molar-refractivity contribution < 1.29 is 14.8 Å². The third-order valence-corrected chi connectivity index (χ3v) is 2.37. The van der Waals surface area contributed by atoms with E-state index in [2.05, 4.69) is 13.8 Å². The second-order valence-corrected chi connectivity index (χ2v) is 3.50. The third-order valence-electron chi connectivity index (χ3n) is 2.37. The second-order valence-electron chi connectivity index (χ2n) is 3.50. The Morgan fingerprint density at radius 2 is 1.93 bits per heavy atom. The van der Waals surface area contributed by atoms with Crippen molar-refractivity contribution in [3.05, 3.63) is 24.3 Å². The lowest BCUT2D eigenvalue weighted by atomic mass is 9.80. The number of ether oxygens (including phenoxy) is 1. The van der Waals surface area contributed by atoms with Crippen molar-refractivity contribution in [1.82, 2.24) is 0 Å². The standard InChI is InChI=1S/C11H17BO3/c1-3-10(4-2)15-11-7-5-6-9(8-11)12(13)14/h5-8,10,13-14H,3-4H2,1-2H3. The topological polar surface area (TPSA) is 49.7 Å². The van der Waals surface area contributed by atoms with Crippen LogP contribution in [0.5, 0.6) is 5.75 Å². The zero-order chi connectivity index (χ0) is 11.3. The van der Waals surface area contributed by atoms with E-state index < -0.39 is 7.12 Å². The first-order chi connectivity index (χ1) is 7.17. The van der Waals surface area contributed by atoms with Crippen LogP contribution in [0.4, 0.5) is 0 Å². The van der Waals surface area contributed by atoms with Crippen molar-refractivity contribution in [2.24, 2.45) is 0 Å². The molecule has 0 radical (unpaired) electrons. The molecule has 1 rings (SSSR count). The molecule has 1 aromatic carbocycles. The van der Waals surface area contributed by atoms with Crippen LogP contribution in [-0.2, 0) is 0 Å². The Morgan fingerprint density at radius 1 is 1.27 bits per heavy atom. The van der Waals surface area contributed by atoms with Gasteiger partial charge in [0.15, 0.2) is 0 Å². The molecule has 0 unspecified atom stereocenters. The molecule has 4 heteroatoms. The van der Waals surface area contributed by atoms with Crippen LogP contribution in [0.25, 0.3) is 0 Å². The summed E-state index contributed by atoms with van der Waals surface area (Å²) in [6.45, 7) is 4.14. The minimum atomic E-state index is -1.43. The number of hydrogen-bond donors (Lipinski definition) is 2. The lowest BCUT2D eigenvalue weighted by molar-refractivity contribution is 0.193. The van der Waals surface area contributed by atoms with Crippen LogP contribution in [0.1, 0.15) is 26.7 Å². The van der Waals surface area contributed by atoms with Gasteiger partial charge in [-0.05, 0) is 30.4 Å². The molecule has 0 aromatic heterocycles. The third kappa shape index (κ3) is 3.57. The summed E-state index contributed by atoms with van der Waals surface area (Å²) in [6, 6.07) is 6.89. The van der Waals surface area contributed by atoms with Crippen LogP contribution in [0, 0.1) is 0 Å². The maximum Gasteiger partial charge on any atom is 0.488 e. The fourth-order valence-electron chi connectivity index (χ4n) is 1.40. The summed E-state index contributed by atoms with van der Waals surface area (Å²) in [4.78, 5) is 0. The molecule has 0 aliphatic heterocycles. The quantitative estimate of drug-likeness (QED) is 0.707. The van der Waals surface area contributed by atoms with Crippen LogP contribution in [0.3, 0.4) is 0 Å². The normalized spacial score (nSPS) is 10.5. The highest BCUT2D eigenvalue weighted by atomic mass is 16.5. The number of benzene rings is 1. The molecule has 0 saturated heterocycles. The molecule has 0 bridgehead atoms. The van der Waals surface area contributed by atoms with E-state index in [-0.39, 0.29) is 6.10 Å². The van der Waals surface area contributed by atoms with Gasteiger partial charge in [-0.2, -0.15) is 0 Å². The zero-order valence-electron chi connectivity index (χ0n) is 9.18. The molecule has 3 nitrogen and oxygen atoms in total. The summed E-state index contributed by atoms with van der Waals surface area (Å²) in [5, 5.41) is 18.0.